The van der Waals surface area contributed by atoms with E-state index < -0.39 is 0 Å². The summed E-state index contributed by atoms with van der Waals surface area (Å²) in [5, 5.41) is 3.31. The Kier molecular flexibility index (Phi) is 2.94. The maximum absolute atomic E-state index is 12.4. The normalized spacial score (nSPS) is 25.7. The molecule has 3 heteroatoms. The molecule has 1 atom stereocenters. The molecule has 1 unspecified atom stereocenters. The summed E-state index contributed by atoms with van der Waals surface area (Å²) in [5.41, 5.74) is -0.128. The molecule has 0 spiro atoms. The molecule has 1 aliphatic rings. The van der Waals surface area contributed by atoms with Gasteiger partial charge in [0.2, 0.25) is 0 Å². The number of Topliss-reactive ketones (excluding diaryl/α,β-unsaturated/α-hetero) is 1. The average molecular weight is 223 g/mol. The highest BCUT2D eigenvalue weighted by Crippen LogP contribution is 2.35. The van der Waals surface area contributed by atoms with Gasteiger partial charge in [0.25, 0.3) is 0 Å². The summed E-state index contributed by atoms with van der Waals surface area (Å²) < 4.78 is 0. The summed E-state index contributed by atoms with van der Waals surface area (Å²) in [4.78, 5) is 14.5. The van der Waals surface area contributed by atoms with Gasteiger partial charge < -0.3 is 5.32 Å². The Bertz CT molecular complexity index is 363. The number of hydrogen-bond donors (Lipinski definition) is 1. The van der Waals surface area contributed by atoms with Crippen molar-refractivity contribution in [2.45, 2.75) is 26.7 Å². The zero-order chi connectivity index (χ0) is 10.9. The van der Waals surface area contributed by atoms with Crippen LogP contribution in [-0.4, -0.2) is 18.9 Å². The van der Waals surface area contributed by atoms with E-state index in [2.05, 4.69) is 12.2 Å². The molecular weight excluding hydrogens is 206 g/mol. The highest BCUT2D eigenvalue weighted by molar-refractivity contribution is 7.14. The van der Waals surface area contributed by atoms with Gasteiger partial charge >= 0.3 is 0 Å². The molecule has 2 nitrogen and oxygen atoms in total. The number of carbonyl (C=O) groups excluding carboxylic acids is 1. The molecule has 15 heavy (non-hydrogen) atoms. The molecule has 1 saturated heterocycles. The monoisotopic (exact) mass is 223 g/mol. The Balaban J connectivity index is 2.26. The largest absolute Gasteiger partial charge is 0.316 e. The molecule has 0 radical (unpaired) electrons. The van der Waals surface area contributed by atoms with Crippen molar-refractivity contribution < 1.29 is 4.79 Å². The van der Waals surface area contributed by atoms with Crippen molar-refractivity contribution in [3.8, 4) is 0 Å². The van der Waals surface area contributed by atoms with Crippen molar-refractivity contribution in [1.82, 2.24) is 5.32 Å². The third-order valence-electron chi connectivity index (χ3n) is 3.37. The molecule has 1 aromatic rings. The first-order valence-electron chi connectivity index (χ1n) is 5.50. The molecule has 0 amide bonds. The fourth-order valence-electron chi connectivity index (χ4n) is 2.22. The van der Waals surface area contributed by atoms with E-state index in [1.165, 1.54) is 4.88 Å². The van der Waals surface area contributed by atoms with Gasteiger partial charge in [-0.05, 0) is 38.4 Å². The van der Waals surface area contributed by atoms with Crippen LogP contribution >= 0.6 is 11.3 Å². The Morgan fingerprint density at radius 3 is 2.87 bits per heavy atom. The van der Waals surface area contributed by atoms with Crippen LogP contribution in [0.4, 0.5) is 0 Å². The first-order valence-corrected chi connectivity index (χ1v) is 6.31. The first kappa shape index (κ1) is 10.8. The van der Waals surface area contributed by atoms with Crippen LogP contribution in [0.3, 0.4) is 0 Å². The highest BCUT2D eigenvalue weighted by atomic mass is 32.1. The maximum Gasteiger partial charge on any atom is 0.180 e. The second-order valence-corrected chi connectivity index (χ2v) is 5.59. The first-order chi connectivity index (χ1) is 7.18. The van der Waals surface area contributed by atoms with Gasteiger partial charge in [0, 0.05) is 16.8 Å². The highest BCUT2D eigenvalue weighted by Gasteiger charge is 2.40. The van der Waals surface area contributed by atoms with Gasteiger partial charge in [-0.15, -0.1) is 11.3 Å². The lowest BCUT2D eigenvalue weighted by molar-refractivity contribution is 0.0815. The smallest absolute Gasteiger partial charge is 0.180 e. The van der Waals surface area contributed by atoms with Crippen LogP contribution in [0.25, 0.3) is 0 Å². The van der Waals surface area contributed by atoms with Crippen molar-refractivity contribution in [2.75, 3.05) is 13.1 Å². The summed E-state index contributed by atoms with van der Waals surface area (Å²) in [6.45, 7) is 5.99. The summed E-state index contributed by atoms with van der Waals surface area (Å²) in [6, 6.07) is 4.00. The van der Waals surface area contributed by atoms with Crippen molar-refractivity contribution in [3.63, 3.8) is 0 Å². The van der Waals surface area contributed by atoms with Gasteiger partial charge in [-0.25, -0.2) is 0 Å². The predicted molar refractivity (Wildman–Crippen MR) is 63.6 cm³/mol. The van der Waals surface area contributed by atoms with Crippen molar-refractivity contribution in [1.29, 1.82) is 0 Å². The Hall–Kier alpha value is -0.670. The molecule has 1 fully saturated rings. The molecule has 1 N–H and O–H groups in total. The standard InChI is InChI=1S/C12H17NOS/c1-3-12(6-7-13-8-12)11(14)10-5-4-9(2)15-10/h4-5,13H,3,6-8H2,1-2H3. The summed E-state index contributed by atoms with van der Waals surface area (Å²) in [6.07, 6.45) is 1.93. The van der Waals surface area contributed by atoms with E-state index in [1.807, 2.05) is 19.1 Å². The maximum atomic E-state index is 12.4. The molecule has 0 saturated carbocycles. The summed E-state index contributed by atoms with van der Waals surface area (Å²) in [7, 11) is 0. The van der Waals surface area contributed by atoms with Gasteiger partial charge in [-0.2, -0.15) is 0 Å². The van der Waals surface area contributed by atoms with Crippen LogP contribution in [0.15, 0.2) is 12.1 Å². The van der Waals surface area contributed by atoms with Crippen LogP contribution < -0.4 is 5.32 Å². The molecule has 0 aliphatic carbocycles. The number of thiophene rings is 1. The Morgan fingerprint density at radius 2 is 2.40 bits per heavy atom. The zero-order valence-corrected chi connectivity index (χ0v) is 10.1. The number of hydrogen-bond acceptors (Lipinski definition) is 3. The van der Waals surface area contributed by atoms with Gasteiger partial charge in [0.1, 0.15) is 0 Å². The van der Waals surface area contributed by atoms with Crippen LogP contribution in [0, 0.1) is 12.3 Å². The van der Waals surface area contributed by atoms with E-state index in [0.717, 1.165) is 30.8 Å². The van der Waals surface area contributed by atoms with E-state index in [0.29, 0.717) is 5.78 Å². The van der Waals surface area contributed by atoms with E-state index >= 15 is 0 Å². The van der Waals surface area contributed by atoms with Gasteiger partial charge in [0.05, 0.1) is 4.88 Å². The molecule has 0 aromatic carbocycles. The second kappa shape index (κ2) is 4.06. The van der Waals surface area contributed by atoms with Crippen LogP contribution in [0.2, 0.25) is 0 Å². The lowest BCUT2D eigenvalue weighted by Gasteiger charge is -2.23. The third kappa shape index (κ3) is 1.86. The number of rotatable bonds is 3. The quantitative estimate of drug-likeness (QED) is 0.798. The summed E-state index contributed by atoms with van der Waals surface area (Å²) >= 11 is 1.62. The van der Waals surface area contributed by atoms with Crippen LogP contribution in [0.5, 0.6) is 0 Å². The minimum Gasteiger partial charge on any atom is -0.316 e. The Labute approximate surface area is 94.7 Å². The molecule has 1 aromatic heterocycles. The minimum atomic E-state index is -0.128. The van der Waals surface area contributed by atoms with Crippen molar-refractivity contribution in [2.24, 2.45) is 5.41 Å². The fraction of sp³-hybridized carbons (Fsp3) is 0.583. The minimum absolute atomic E-state index is 0.128. The van der Waals surface area contributed by atoms with E-state index in [9.17, 15) is 4.79 Å². The molecule has 0 bridgehead atoms. The van der Waals surface area contributed by atoms with Crippen molar-refractivity contribution in [3.05, 3.63) is 21.9 Å². The van der Waals surface area contributed by atoms with E-state index in [1.54, 1.807) is 11.3 Å². The van der Waals surface area contributed by atoms with Gasteiger partial charge in [-0.3, -0.25) is 4.79 Å². The third-order valence-corrected chi connectivity index (χ3v) is 4.37. The van der Waals surface area contributed by atoms with Gasteiger partial charge in [0.15, 0.2) is 5.78 Å². The Morgan fingerprint density at radius 1 is 1.60 bits per heavy atom. The molecule has 82 valence electrons. The van der Waals surface area contributed by atoms with E-state index in [4.69, 9.17) is 0 Å². The second-order valence-electron chi connectivity index (χ2n) is 4.30. The number of carbonyl (C=O) groups is 1. The van der Waals surface area contributed by atoms with Crippen molar-refractivity contribution >= 4 is 17.1 Å². The van der Waals surface area contributed by atoms with E-state index in [-0.39, 0.29) is 5.41 Å². The number of nitrogens with one attached hydrogen (secondary N) is 1. The topological polar surface area (TPSA) is 29.1 Å². The summed E-state index contributed by atoms with van der Waals surface area (Å²) in [5.74, 6) is 0.341. The number of ketones is 1. The predicted octanol–water partition coefficient (Wildman–Crippen LogP) is 2.63. The van der Waals surface area contributed by atoms with Crippen LogP contribution in [-0.2, 0) is 0 Å². The molecule has 2 heterocycles. The molecule has 1 aliphatic heterocycles. The SMILES string of the molecule is CCC1(C(=O)c2ccc(C)s2)CCNC1. The van der Waals surface area contributed by atoms with Crippen LogP contribution in [0.1, 0.15) is 34.3 Å². The zero-order valence-electron chi connectivity index (χ0n) is 9.30. The fourth-order valence-corrected chi connectivity index (χ4v) is 3.15. The molecule has 2 rings (SSSR count). The van der Waals surface area contributed by atoms with Gasteiger partial charge in [-0.1, -0.05) is 6.92 Å². The lowest BCUT2D eigenvalue weighted by atomic mass is 9.79. The number of aryl methyl sites for hydroxylation is 1. The average Bonchev–Trinajstić information content (AvgIpc) is 2.86. The lowest BCUT2D eigenvalue weighted by Crippen LogP contribution is -2.32. The molecular formula is C12H17NOS.